The van der Waals surface area contributed by atoms with E-state index in [1.807, 2.05) is 0 Å². The fourth-order valence-corrected chi connectivity index (χ4v) is 5.08. The molecule has 31 heavy (non-hydrogen) atoms. The highest BCUT2D eigenvalue weighted by atomic mass is 15.1. The molecule has 0 bridgehead atoms. The first-order chi connectivity index (χ1) is 15.2. The van der Waals surface area contributed by atoms with Crippen LogP contribution in [0, 0.1) is 6.92 Å². The van der Waals surface area contributed by atoms with Crippen LogP contribution in [0.25, 0.3) is 32.7 Å². The molecule has 5 aromatic rings. The highest BCUT2D eigenvalue weighted by Gasteiger charge is 2.17. The standard InChI is InChI=1S/C30H25N/c1-20-26-10-3-5-12-28(26)30(29-13-6-4-11-27(20)29)31(2)25-9-7-8-22(19-25)24-17-15-21-14-16-23(21)18-24/h3-13,15,17-19H,14,16H2,1-2H3. The van der Waals surface area contributed by atoms with Gasteiger partial charge in [0.05, 0.1) is 5.69 Å². The molecule has 0 aromatic heterocycles. The van der Waals surface area contributed by atoms with Gasteiger partial charge in [-0.15, -0.1) is 0 Å². The van der Waals surface area contributed by atoms with E-state index < -0.39 is 0 Å². The fraction of sp³-hybridized carbons (Fsp3) is 0.133. The predicted molar refractivity (Wildman–Crippen MR) is 134 cm³/mol. The second kappa shape index (κ2) is 6.99. The van der Waals surface area contributed by atoms with Crippen molar-refractivity contribution in [2.24, 2.45) is 0 Å². The fourth-order valence-electron chi connectivity index (χ4n) is 5.08. The van der Waals surface area contributed by atoms with Crippen LogP contribution in [-0.4, -0.2) is 7.05 Å². The van der Waals surface area contributed by atoms with Gasteiger partial charge in [-0.3, -0.25) is 0 Å². The summed E-state index contributed by atoms with van der Waals surface area (Å²) in [5.74, 6) is 0. The number of anilines is 2. The van der Waals surface area contributed by atoms with Gasteiger partial charge in [0.1, 0.15) is 0 Å². The largest absolute Gasteiger partial charge is 0.344 e. The minimum absolute atomic E-state index is 1.21. The first-order valence-corrected chi connectivity index (χ1v) is 11.1. The number of hydrogen-bond donors (Lipinski definition) is 0. The number of aryl methyl sites for hydroxylation is 3. The summed E-state index contributed by atoms with van der Waals surface area (Å²) in [5.41, 5.74) is 9.43. The summed E-state index contributed by atoms with van der Waals surface area (Å²) >= 11 is 0. The predicted octanol–water partition coefficient (Wildman–Crippen LogP) is 7.83. The van der Waals surface area contributed by atoms with Gasteiger partial charge in [-0.25, -0.2) is 0 Å². The van der Waals surface area contributed by atoms with Gasteiger partial charge >= 0.3 is 0 Å². The molecule has 0 amide bonds. The van der Waals surface area contributed by atoms with Crippen molar-refractivity contribution in [2.45, 2.75) is 19.8 Å². The summed E-state index contributed by atoms with van der Waals surface area (Å²) in [6.07, 6.45) is 2.44. The van der Waals surface area contributed by atoms with Gasteiger partial charge < -0.3 is 4.90 Å². The summed E-state index contributed by atoms with van der Waals surface area (Å²) in [5, 5.41) is 5.24. The Morgan fingerprint density at radius 2 is 1.19 bits per heavy atom. The van der Waals surface area contributed by atoms with E-state index in [4.69, 9.17) is 0 Å². The third-order valence-electron chi connectivity index (χ3n) is 6.94. The molecule has 0 saturated carbocycles. The lowest BCUT2D eigenvalue weighted by molar-refractivity contribution is 0.840. The molecule has 0 heterocycles. The third kappa shape index (κ3) is 2.84. The van der Waals surface area contributed by atoms with Crippen LogP contribution in [0.2, 0.25) is 0 Å². The first-order valence-electron chi connectivity index (χ1n) is 11.1. The quantitative estimate of drug-likeness (QED) is 0.279. The van der Waals surface area contributed by atoms with Crippen molar-refractivity contribution < 1.29 is 0 Å². The molecule has 1 heteroatoms. The zero-order chi connectivity index (χ0) is 20.9. The molecule has 0 unspecified atom stereocenters. The molecule has 150 valence electrons. The van der Waals surface area contributed by atoms with Crippen LogP contribution in [0.5, 0.6) is 0 Å². The average Bonchev–Trinajstić information content (AvgIpc) is 2.80. The molecule has 0 N–H and O–H groups in total. The lowest BCUT2D eigenvalue weighted by Crippen LogP contribution is -2.11. The topological polar surface area (TPSA) is 3.24 Å². The smallest absolute Gasteiger partial charge is 0.0567 e. The monoisotopic (exact) mass is 399 g/mol. The van der Waals surface area contributed by atoms with E-state index in [9.17, 15) is 0 Å². The van der Waals surface area contributed by atoms with Crippen LogP contribution in [0.15, 0.2) is 91.0 Å². The molecule has 0 spiro atoms. The minimum atomic E-state index is 1.21. The van der Waals surface area contributed by atoms with Gasteiger partial charge in [-0.05, 0) is 70.5 Å². The Kier molecular flexibility index (Phi) is 4.11. The molecule has 1 aliphatic carbocycles. The molecule has 0 saturated heterocycles. The summed E-state index contributed by atoms with van der Waals surface area (Å²) in [4.78, 5) is 2.36. The summed E-state index contributed by atoms with van der Waals surface area (Å²) in [7, 11) is 2.19. The normalized spacial score (nSPS) is 12.6. The number of benzene rings is 5. The summed E-state index contributed by atoms with van der Waals surface area (Å²) in [6, 6.07) is 33.4. The third-order valence-corrected chi connectivity index (χ3v) is 6.94. The zero-order valence-electron chi connectivity index (χ0n) is 18.0. The SMILES string of the molecule is Cc1c2ccccc2c(N(C)c2cccc(-c3ccc4c(c3)CC4)c2)c2ccccc12. The van der Waals surface area contributed by atoms with Gasteiger partial charge in [0.25, 0.3) is 0 Å². The van der Waals surface area contributed by atoms with Crippen LogP contribution in [0.4, 0.5) is 11.4 Å². The van der Waals surface area contributed by atoms with Crippen molar-refractivity contribution in [1.29, 1.82) is 0 Å². The van der Waals surface area contributed by atoms with Gasteiger partial charge in [-0.1, -0.05) is 78.9 Å². The zero-order valence-corrected chi connectivity index (χ0v) is 18.0. The van der Waals surface area contributed by atoms with Crippen molar-refractivity contribution in [2.75, 3.05) is 11.9 Å². The first kappa shape index (κ1) is 18.2. The summed E-state index contributed by atoms with van der Waals surface area (Å²) < 4.78 is 0. The molecular weight excluding hydrogens is 374 g/mol. The minimum Gasteiger partial charge on any atom is -0.344 e. The van der Waals surface area contributed by atoms with Gasteiger partial charge in [-0.2, -0.15) is 0 Å². The van der Waals surface area contributed by atoms with Crippen molar-refractivity contribution in [3.05, 3.63) is 108 Å². The van der Waals surface area contributed by atoms with Crippen LogP contribution in [0.3, 0.4) is 0 Å². The maximum atomic E-state index is 2.37. The molecule has 0 radical (unpaired) electrons. The Morgan fingerprint density at radius 1 is 0.581 bits per heavy atom. The molecule has 5 aromatic carbocycles. The van der Waals surface area contributed by atoms with Crippen molar-refractivity contribution in [3.8, 4) is 11.1 Å². The van der Waals surface area contributed by atoms with Crippen LogP contribution < -0.4 is 4.90 Å². The van der Waals surface area contributed by atoms with E-state index in [0.29, 0.717) is 0 Å². The molecule has 0 fully saturated rings. The van der Waals surface area contributed by atoms with Gasteiger partial charge in [0.2, 0.25) is 0 Å². The number of hydrogen-bond acceptors (Lipinski definition) is 1. The van der Waals surface area contributed by atoms with Crippen LogP contribution >= 0.6 is 0 Å². The van der Waals surface area contributed by atoms with Crippen molar-refractivity contribution >= 4 is 32.9 Å². The van der Waals surface area contributed by atoms with Gasteiger partial charge in [0.15, 0.2) is 0 Å². The number of rotatable bonds is 3. The summed E-state index contributed by atoms with van der Waals surface area (Å²) in [6.45, 7) is 2.24. The second-order valence-corrected chi connectivity index (χ2v) is 8.66. The molecule has 0 aliphatic heterocycles. The van der Waals surface area contributed by atoms with Crippen molar-refractivity contribution in [3.63, 3.8) is 0 Å². The van der Waals surface area contributed by atoms with E-state index in [0.717, 1.165) is 0 Å². The molecule has 1 nitrogen and oxygen atoms in total. The highest BCUT2D eigenvalue weighted by Crippen LogP contribution is 2.41. The highest BCUT2D eigenvalue weighted by molar-refractivity contribution is 6.14. The Bertz CT molecular complexity index is 1400. The maximum absolute atomic E-state index is 2.37. The number of nitrogens with zero attached hydrogens (tertiary/aromatic N) is 1. The Balaban J connectivity index is 1.54. The number of fused-ring (bicyclic) bond motifs is 3. The van der Waals surface area contributed by atoms with Crippen LogP contribution in [0.1, 0.15) is 16.7 Å². The lowest BCUT2D eigenvalue weighted by atomic mass is 9.86. The van der Waals surface area contributed by atoms with E-state index in [2.05, 4.69) is 110 Å². The van der Waals surface area contributed by atoms with E-state index in [1.54, 1.807) is 0 Å². The Hall–Kier alpha value is -3.58. The van der Waals surface area contributed by atoms with Gasteiger partial charge in [0, 0.05) is 23.5 Å². The maximum Gasteiger partial charge on any atom is 0.0567 e. The second-order valence-electron chi connectivity index (χ2n) is 8.66. The molecule has 6 rings (SSSR count). The molecule has 1 aliphatic rings. The molecular formula is C30H25N. The van der Waals surface area contributed by atoms with E-state index in [1.165, 1.54) is 73.6 Å². The van der Waals surface area contributed by atoms with Crippen molar-refractivity contribution in [1.82, 2.24) is 0 Å². The van der Waals surface area contributed by atoms with E-state index in [-0.39, 0.29) is 0 Å². The Morgan fingerprint density at radius 3 is 1.81 bits per heavy atom. The van der Waals surface area contributed by atoms with Crippen LogP contribution in [-0.2, 0) is 12.8 Å². The van der Waals surface area contributed by atoms with E-state index >= 15 is 0 Å². The lowest BCUT2D eigenvalue weighted by Gasteiger charge is -2.25. The average molecular weight is 400 g/mol. The molecule has 0 atom stereocenters. The Labute approximate surface area is 183 Å².